The summed E-state index contributed by atoms with van der Waals surface area (Å²) in [5.41, 5.74) is 2.00. The first-order valence-electron chi connectivity index (χ1n) is 10.2. The van der Waals surface area contributed by atoms with Gasteiger partial charge in [-0.2, -0.15) is 5.26 Å². The highest BCUT2D eigenvalue weighted by Gasteiger charge is 2.33. The molecule has 0 spiro atoms. The van der Waals surface area contributed by atoms with Crippen LogP contribution >= 0.6 is 11.3 Å². The Bertz CT molecular complexity index is 890. The number of thiophene rings is 1. The molecule has 0 aliphatic heterocycles. The minimum absolute atomic E-state index is 0.0362. The van der Waals surface area contributed by atoms with Crippen LogP contribution in [0.4, 0.5) is 5.69 Å². The summed E-state index contributed by atoms with van der Waals surface area (Å²) in [5, 5.41) is 30.0. The van der Waals surface area contributed by atoms with Gasteiger partial charge in [-0.15, -0.1) is 11.3 Å². The van der Waals surface area contributed by atoms with Crippen molar-refractivity contribution >= 4 is 23.0 Å². The van der Waals surface area contributed by atoms with Gasteiger partial charge in [-0.05, 0) is 56.4 Å². The van der Waals surface area contributed by atoms with Gasteiger partial charge in [-0.25, -0.2) is 4.79 Å². The smallest absolute Gasteiger partial charge is 0.348 e. The number of carbonyl (C=O) groups is 1. The molecule has 0 bridgehead atoms. The van der Waals surface area contributed by atoms with Crippen molar-refractivity contribution in [3.63, 3.8) is 0 Å². The van der Waals surface area contributed by atoms with Crippen molar-refractivity contribution in [3.8, 4) is 16.5 Å². The topological polar surface area (TPSA) is 84.6 Å². The molecule has 1 fully saturated rings. The third-order valence-electron chi connectivity index (χ3n) is 5.81. The minimum atomic E-state index is -0.986. The van der Waals surface area contributed by atoms with Gasteiger partial charge in [0.25, 0.3) is 0 Å². The first-order valence-corrected chi connectivity index (χ1v) is 11.0. The highest BCUT2D eigenvalue weighted by Crippen LogP contribution is 2.41. The Kier molecular flexibility index (Phi) is 6.61. The molecule has 1 heterocycles. The Balaban J connectivity index is 1.97. The van der Waals surface area contributed by atoms with Crippen LogP contribution in [-0.2, 0) is 0 Å². The molecular formula is C23H28N2O3S. The van der Waals surface area contributed by atoms with Gasteiger partial charge in [0.05, 0.1) is 17.3 Å². The van der Waals surface area contributed by atoms with E-state index < -0.39 is 12.2 Å². The Morgan fingerprint density at radius 2 is 1.83 bits per heavy atom. The lowest BCUT2D eigenvalue weighted by molar-refractivity contribution is 0.0658. The number of aromatic carboxylic acids is 1. The van der Waals surface area contributed by atoms with Crippen LogP contribution in [0, 0.1) is 23.2 Å². The van der Waals surface area contributed by atoms with E-state index in [1.807, 2.05) is 36.9 Å². The van der Waals surface area contributed by atoms with E-state index in [4.69, 9.17) is 5.26 Å². The van der Waals surface area contributed by atoms with E-state index in [1.165, 1.54) is 11.3 Å². The van der Waals surface area contributed by atoms with Gasteiger partial charge in [0.2, 0.25) is 0 Å². The molecule has 0 amide bonds. The van der Waals surface area contributed by atoms with Gasteiger partial charge in [-0.1, -0.05) is 31.9 Å². The predicted molar refractivity (Wildman–Crippen MR) is 116 cm³/mol. The monoisotopic (exact) mass is 412 g/mol. The second-order valence-electron chi connectivity index (χ2n) is 8.25. The van der Waals surface area contributed by atoms with Crippen LogP contribution in [0.1, 0.15) is 61.7 Å². The molecule has 0 saturated heterocycles. The van der Waals surface area contributed by atoms with E-state index in [1.54, 1.807) is 12.1 Å². The van der Waals surface area contributed by atoms with Crippen molar-refractivity contribution in [1.29, 1.82) is 5.26 Å². The largest absolute Gasteiger partial charge is 0.477 e. The van der Waals surface area contributed by atoms with Crippen LogP contribution in [0.25, 0.3) is 10.4 Å². The number of hydrogen-bond acceptors (Lipinski definition) is 5. The van der Waals surface area contributed by atoms with Crippen LogP contribution in [0.15, 0.2) is 30.3 Å². The second kappa shape index (κ2) is 8.98. The van der Waals surface area contributed by atoms with E-state index in [0.29, 0.717) is 17.2 Å². The summed E-state index contributed by atoms with van der Waals surface area (Å²) < 4.78 is 0. The zero-order valence-electron chi connectivity index (χ0n) is 17.1. The SMILES string of the molecule is CC1CCC(C(O)N(c2cc(-c3ccc(C#N)cc3)sc2C(=O)O)C(C)C)CC1. The Morgan fingerprint density at radius 1 is 1.21 bits per heavy atom. The van der Waals surface area contributed by atoms with Crippen molar-refractivity contribution < 1.29 is 15.0 Å². The third-order valence-corrected chi connectivity index (χ3v) is 6.97. The van der Waals surface area contributed by atoms with E-state index in [0.717, 1.165) is 36.1 Å². The molecular weight excluding hydrogens is 384 g/mol. The fourth-order valence-electron chi connectivity index (χ4n) is 4.11. The summed E-state index contributed by atoms with van der Waals surface area (Å²) in [6, 6.07) is 11.0. The second-order valence-corrected chi connectivity index (χ2v) is 9.31. The fraction of sp³-hybridized carbons (Fsp3) is 0.478. The molecule has 2 N–H and O–H groups in total. The Hall–Kier alpha value is -2.36. The lowest BCUT2D eigenvalue weighted by Gasteiger charge is -2.40. The molecule has 1 aliphatic carbocycles. The van der Waals surface area contributed by atoms with E-state index in [-0.39, 0.29) is 16.8 Å². The minimum Gasteiger partial charge on any atom is -0.477 e. The van der Waals surface area contributed by atoms with Crippen molar-refractivity contribution in [2.75, 3.05) is 4.90 Å². The van der Waals surface area contributed by atoms with Gasteiger partial charge in [0.1, 0.15) is 11.1 Å². The summed E-state index contributed by atoms with van der Waals surface area (Å²) in [5.74, 6) is -0.154. The molecule has 1 aromatic heterocycles. The predicted octanol–water partition coefficient (Wildman–Crippen LogP) is 5.34. The maximum Gasteiger partial charge on any atom is 0.348 e. The average molecular weight is 413 g/mol. The van der Waals surface area contributed by atoms with Crippen molar-refractivity contribution in [2.45, 2.75) is 58.7 Å². The molecule has 1 unspecified atom stereocenters. The number of aliphatic hydroxyl groups is 1. The number of nitriles is 1. The highest BCUT2D eigenvalue weighted by atomic mass is 32.1. The number of anilines is 1. The molecule has 154 valence electrons. The first-order chi connectivity index (χ1) is 13.8. The van der Waals surface area contributed by atoms with Crippen LogP contribution in [-0.4, -0.2) is 28.5 Å². The third kappa shape index (κ3) is 4.63. The summed E-state index contributed by atoms with van der Waals surface area (Å²) in [6.45, 7) is 6.22. The highest BCUT2D eigenvalue weighted by molar-refractivity contribution is 7.18. The maximum atomic E-state index is 12.0. The number of nitrogens with zero attached hydrogens (tertiary/aromatic N) is 2. The maximum absolute atomic E-state index is 12.0. The van der Waals surface area contributed by atoms with Crippen molar-refractivity contribution in [1.82, 2.24) is 0 Å². The van der Waals surface area contributed by atoms with E-state index >= 15 is 0 Å². The number of aliphatic hydroxyl groups excluding tert-OH is 1. The zero-order chi connectivity index (χ0) is 21.1. The fourth-order valence-corrected chi connectivity index (χ4v) is 5.12. The van der Waals surface area contributed by atoms with E-state index in [2.05, 4.69) is 13.0 Å². The number of rotatable bonds is 6. The molecule has 1 saturated carbocycles. The molecule has 1 aliphatic rings. The molecule has 3 rings (SSSR count). The summed E-state index contributed by atoms with van der Waals surface area (Å²) in [4.78, 5) is 14.9. The van der Waals surface area contributed by atoms with Gasteiger partial charge in [-0.3, -0.25) is 0 Å². The van der Waals surface area contributed by atoms with Gasteiger partial charge in [0.15, 0.2) is 0 Å². The molecule has 1 aromatic carbocycles. The Morgan fingerprint density at radius 3 is 2.34 bits per heavy atom. The van der Waals surface area contributed by atoms with Crippen molar-refractivity contribution in [2.24, 2.45) is 11.8 Å². The average Bonchev–Trinajstić information content (AvgIpc) is 3.13. The summed E-state index contributed by atoms with van der Waals surface area (Å²) in [6.07, 6.45) is 3.41. The van der Waals surface area contributed by atoms with Gasteiger partial charge >= 0.3 is 5.97 Å². The number of hydrogen-bond donors (Lipinski definition) is 2. The molecule has 0 radical (unpaired) electrons. The quantitative estimate of drug-likeness (QED) is 0.625. The van der Waals surface area contributed by atoms with Crippen LogP contribution in [0.5, 0.6) is 0 Å². The number of carboxylic acid groups (broad SMARTS) is 1. The molecule has 29 heavy (non-hydrogen) atoms. The van der Waals surface area contributed by atoms with Gasteiger partial charge in [0, 0.05) is 16.8 Å². The standard InChI is InChI=1S/C23H28N2O3S/c1-14(2)25(22(26)18-8-4-15(3)5-9-18)19-12-20(29-21(19)23(27)28)17-10-6-16(13-24)7-11-17/h6-7,10-12,14-15,18,22,26H,4-5,8-9H2,1-3H3,(H,27,28). The molecule has 5 nitrogen and oxygen atoms in total. The Labute approximate surface area is 176 Å². The first kappa shape index (κ1) is 21.4. The van der Waals surface area contributed by atoms with Crippen LogP contribution in [0.2, 0.25) is 0 Å². The normalized spacial score (nSPS) is 20.3. The zero-order valence-corrected chi connectivity index (χ0v) is 17.9. The van der Waals surface area contributed by atoms with Crippen LogP contribution in [0.3, 0.4) is 0 Å². The molecule has 2 aromatic rings. The molecule has 1 atom stereocenters. The lowest BCUT2D eigenvalue weighted by Crippen LogP contribution is -2.46. The number of carboxylic acids is 1. The van der Waals surface area contributed by atoms with E-state index in [9.17, 15) is 15.0 Å². The summed E-state index contributed by atoms with van der Waals surface area (Å²) >= 11 is 1.21. The summed E-state index contributed by atoms with van der Waals surface area (Å²) in [7, 11) is 0. The van der Waals surface area contributed by atoms with Gasteiger partial charge < -0.3 is 15.1 Å². The molecule has 6 heteroatoms. The lowest BCUT2D eigenvalue weighted by atomic mass is 9.81. The van der Waals surface area contributed by atoms with Crippen LogP contribution < -0.4 is 4.90 Å². The number of benzene rings is 1. The van der Waals surface area contributed by atoms with Crippen molar-refractivity contribution in [3.05, 3.63) is 40.8 Å².